The van der Waals surface area contributed by atoms with E-state index >= 15 is 0 Å². The molecular weight excluding hydrogens is 400 g/mol. The average molecular weight is 424 g/mol. The molecule has 0 aliphatic carbocycles. The third kappa shape index (κ3) is 5.19. The smallest absolute Gasteiger partial charge is 0.328 e. The maximum atomic E-state index is 12.3. The second kappa shape index (κ2) is 9.29. The first kappa shape index (κ1) is 21.8. The number of hydrogen-bond acceptors (Lipinski definition) is 5. The summed E-state index contributed by atoms with van der Waals surface area (Å²) in [6.45, 7) is 3.39. The number of carbonyl (C=O) groups is 3. The van der Waals surface area contributed by atoms with E-state index in [9.17, 15) is 19.2 Å². The fourth-order valence-corrected chi connectivity index (χ4v) is 3.14. The van der Waals surface area contributed by atoms with Crippen LogP contribution in [0.2, 0.25) is 0 Å². The van der Waals surface area contributed by atoms with Gasteiger partial charge in [0, 0.05) is 19.3 Å². The highest BCUT2D eigenvalue weighted by atomic mass is 16.5. The van der Waals surface area contributed by atoms with Gasteiger partial charge >= 0.3 is 17.7 Å². The zero-order valence-electron chi connectivity index (χ0n) is 17.6. The lowest BCUT2D eigenvalue weighted by Crippen LogP contribution is -2.37. The highest BCUT2D eigenvalue weighted by molar-refractivity contribution is 6.01. The third-order valence-corrected chi connectivity index (χ3v) is 4.97. The Morgan fingerprint density at radius 2 is 1.71 bits per heavy atom. The van der Waals surface area contributed by atoms with Gasteiger partial charge in [0.05, 0.1) is 17.5 Å². The number of hydrogen-bond donors (Lipinski definition) is 2. The fourth-order valence-electron chi connectivity index (χ4n) is 3.14. The van der Waals surface area contributed by atoms with Crippen molar-refractivity contribution >= 4 is 34.6 Å². The Morgan fingerprint density at radius 1 is 1.00 bits per heavy atom. The van der Waals surface area contributed by atoms with Gasteiger partial charge < -0.3 is 10.1 Å². The number of esters is 1. The number of aromatic nitrogens is 2. The Balaban J connectivity index is 1.47. The van der Waals surface area contributed by atoms with Crippen LogP contribution in [0.1, 0.15) is 17.5 Å². The van der Waals surface area contributed by atoms with Crippen molar-refractivity contribution in [2.75, 3.05) is 11.9 Å². The maximum Gasteiger partial charge on any atom is 0.328 e. The number of benzene rings is 2. The topological polar surface area (TPSA) is 111 Å². The van der Waals surface area contributed by atoms with E-state index in [2.05, 4.69) is 10.6 Å². The summed E-state index contributed by atoms with van der Waals surface area (Å²) in [6, 6.07) is 11.9. The second-order valence-corrected chi connectivity index (χ2v) is 7.19. The largest absolute Gasteiger partial charge is 0.456 e. The maximum absolute atomic E-state index is 12.3. The number of carbonyl (C=O) groups excluding carboxylic acids is 3. The third-order valence-electron chi connectivity index (χ3n) is 4.97. The van der Waals surface area contributed by atoms with E-state index < -0.39 is 24.5 Å². The summed E-state index contributed by atoms with van der Waals surface area (Å²) in [5.74, 6) is -1.40. The molecule has 0 saturated carbocycles. The number of rotatable bonds is 6. The Kier molecular flexibility index (Phi) is 6.54. The monoisotopic (exact) mass is 424 g/mol. The average Bonchev–Trinajstić information content (AvgIpc) is 2.98. The first-order chi connectivity index (χ1) is 14.8. The predicted molar refractivity (Wildman–Crippen MR) is 116 cm³/mol. The summed E-state index contributed by atoms with van der Waals surface area (Å²) < 4.78 is 7.90. The van der Waals surface area contributed by atoms with Crippen LogP contribution in [0.3, 0.4) is 0 Å². The summed E-state index contributed by atoms with van der Waals surface area (Å²) in [7, 11) is 1.66. The molecule has 2 aromatic carbocycles. The number of imide groups is 1. The zero-order valence-corrected chi connectivity index (χ0v) is 17.6. The van der Waals surface area contributed by atoms with E-state index in [1.807, 2.05) is 38.1 Å². The highest BCUT2D eigenvalue weighted by Crippen LogP contribution is 2.14. The molecule has 3 aromatic rings. The number of amides is 3. The molecule has 3 amide bonds. The summed E-state index contributed by atoms with van der Waals surface area (Å²) in [4.78, 5) is 48.1. The molecule has 9 nitrogen and oxygen atoms in total. The van der Waals surface area contributed by atoms with Crippen LogP contribution in [-0.2, 0) is 27.9 Å². The molecule has 3 rings (SSSR count). The van der Waals surface area contributed by atoms with Crippen molar-refractivity contribution in [1.82, 2.24) is 14.5 Å². The number of ether oxygens (including phenoxy) is 1. The summed E-state index contributed by atoms with van der Waals surface area (Å²) in [5.41, 5.74) is 3.86. The number of anilines is 1. The Bertz CT molecular complexity index is 1210. The van der Waals surface area contributed by atoms with Gasteiger partial charge in [-0.2, -0.15) is 0 Å². The van der Waals surface area contributed by atoms with Crippen molar-refractivity contribution in [2.45, 2.75) is 26.8 Å². The van der Waals surface area contributed by atoms with Crippen molar-refractivity contribution in [3.8, 4) is 0 Å². The molecule has 0 unspecified atom stereocenters. The molecule has 1 heterocycles. The van der Waals surface area contributed by atoms with Gasteiger partial charge in [0.25, 0.3) is 5.91 Å². The molecule has 0 aliphatic rings. The number of para-hydroxylation sites is 2. The molecule has 2 N–H and O–H groups in total. The number of fused-ring (bicyclic) bond motifs is 1. The molecule has 0 fully saturated rings. The van der Waals surface area contributed by atoms with E-state index in [1.165, 1.54) is 9.13 Å². The fraction of sp³-hybridized carbons (Fsp3) is 0.273. The van der Waals surface area contributed by atoms with Crippen LogP contribution >= 0.6 is 0 Å². The zero-order chi connectivity index (χ0) is 22.5. The Morgan fingerprint density at radius 3 is 2.42 bits per heavy atom. The van der Waals surface area contributed by atoms with Crippen molar-refractivity contribution in [3.05, 3.63) is 64.1 Å². The number of nitrogens with one attached hydrogen (secondary N) is 2. The van der Waals surface area contributed by atoms with Crippen molar-refractivity contribution in [1.29, 1.82) is 0 Å². The van der Waals surface area contributed by atoms with Gasteiger partial charge in [-0.1, -0.05) is 18.2 Å². The van der Waals surface area contributed by atoms with Crippen LogP contribution in [0.5, 0.6) is 0 Å². The molecule has 1 aromatic heterocycles. The van der Waals surface area contributed by atoms with E-state index in [0.717, 1.165) is 16.6 Å². The van der Waals surface area contributed by atoms with Crippen LogP contribution in [0.25, 0.3) is 11.0 Å². The Labute approximate surface area is 178 Å². The van der Waals surface area contributed by atoms with Crippen LogP contribution in [-0.4, -0.2) is 33.6 Å². The van der Waals surface area contributed by atoms with Gasteiger partial charge in [-0.15, -0.1) is 0 Å². The highest BCUT2D eigenvalue weighted by Gasteiger charge is 2.14. The number of nitrogens with zero attached hydrogens (tertiary/aromatic N) is 2. The lowest BCUT2D eigenvalue weighted by molar-refractivity contribution is -0.148. The number of aryl methyl sites for hydroxylation is 4. The minimum Gasteiger partial charge on any atom is -0.456 e. The first-order valence-electron chi connectivity index (χ1n) is 9.74. The normalized spacial score (nSPS) is 10.7. The molecule has 0 radical (unpaired) electrons. The minimum absolute atomic E-state index is 0.0873. The molecule has 162 valence electrons. The van der Waals surface area contributed by atoms with Crippen LogP contribution in [0.15, 0.2) is 47.3 Å². The minimum atomic E-state index is -0.753. The van der Waals surface area contributed by atoms with Gasteiger partial charge in [-0.25, -0.2) is 9.59 Å². The lowest BCUT2D eigenvalue weighted by Gasteiger charge is -2.09. The first-order valence-corrected chi connectivity index (χ1v) is 9.74. The molecule has 9 heteroatoms. The van der Waals surface area contributed by atoms with E-state index in [-0.39, 0.29) is 18.7 Å². The van der Waals surface area contributed by atoms with Crippen molar-refractivity contribution in [2.24, 2.45) is 7.05 Å². The van der Waals surface area contributed by atoms with Crippen molar-refractivity contribution < 1.29 is 19.1 Å². The Hall–Kier alpha value is -3.88. The SMILES string of the molecule is Cc1ccc(NC(=O)NC(=O)COC(=O)CCn2c(=O)n(C)c3ccccc32)cc1C. The standard InChI is InChI=1S/C22H24N4O5/c1-14-8-9-16(12-15(14)2)23-21(29)24-19(27)13-31-20(28)10-11-26-18-7-5-4-6-17(18)25(3)22(26)30/h4-9,12H,10-11,13H2,1-3H3,(H2,23,24,27,29). The van der Waals surface area contributed by atoms with Gasteiger partial charge in [0.2, 0.25) is 0 Å². The van der Waals surface area contributed by atoms with Crippen molar-refractivity contribution in [3.63, 3.8) is 0 Å². The van der Waals surface area contributed by atoms with Gasteiger partial charge in [-0.3, -0.25) is 24.0 Å². The van der Waals surface area contributed by atoms with E-state index in [0.29, 0.717) is 11.2 Å². The lowest BCUT2D eigenvalue weighted by atomic mass is 10.1. The molecule has 0 atom stereocenters. The number of imidazole rings is 1. The second-order valence-electron chi connectivity index (χ2n) is 7.19. The summed E-state index contributed by atoms with van der Waals surface area (Å²) in [5, 5.41) is 4.65. The summed E-state index contributed by atoms with van der Waals surface area (Å²) >= 11 is 0. The molecule has 0 aliphatic heterocycles. The van der Waals surface area contributed by atoms with E-state index in [1.54, 1.807) is 25.2 Å². The van der Waals surface area contributed by atoms with Gasteiger partial charge in [0.1, 0.15) is 0 Å². The molecule has 0 saturated heterocycles. The van der Waals surface area contributed by atoms with Crippen LogP contribution in [0, 0.1) is 13.8 Å². The van der Waals surface area contributed by atoms with Gasteiger partial charge in [-0.05, 0) is 49.2 Å². The predicted octanol–water partition coefficient (Wildman–Crippen LogP) is 2.24. The number of urea groups is 1. The molecule has 31 heavy (non-hydrogen) atoms. The summed E-state index contributed by atoms with van der Waals surface area (Å²) in [6.07, 6.45) is -0.0873. The van der Waals surface area contributed by atoms with Gasteiger partial charge in [0.15, 0.2) is 6.61 Å². The van der Waals surface area contributed by atoms with Crippen LogP contribution in [0.4, 0.5) is 10.5 Å². The van der Waals surface area contributed by atoms with Crippen LogP contribution < -0.4 is 16.3 Å². The van der Waals surface area contributed by atoms with E-state index in [4.69, 9.17) is 4.74 Å². The molecule has 0 bridgehead atoms. The molecule has 0 spiro atoms. The molecular formula is C22H24N4O5. The quantitative estimate of drug-likeness (QED) is 0.590.